The van der Waals surface area contributed by atoms with Crippen molar-refractivity contribution >= 4 is 5.97 Å². The van der Waals surface area contributed by atoms with Gasteiger partial charge in [-0.25, -0.2) is 0 Å². The Morgan fingerprint density at radius 2 is 1.68 bits per heavy atom. The summed E-state index contributed by atoms with van der Waals surface area (Å²) in [6.07, 6.45) is 4.28. The van der Waals surface area contributed by atoms with Crippen LogP contribution in [0, 0.1) is 16.7 Å². The number of aliphatic hydroxyl groups is 1. The van der Waals surface area contributed by atoms with E-state index in [2.05, 4.69) is 20.8 Å². The maximum Gasteiger partial charge on any atom is 0.309 e. The Balaban J connectivity index is 2.81. The fourth-order valence-corrected chi connectivity index (χ4v) is 3.36. The molecule has 112 valence electrons. The second-order valence-electron chi connectivity index (χ2n) is 7.75. The van der Waals surface area contributed by atoms with Crippen molar-refractivity contribution in [1.82, 2.24) is 0 Å². The minimum absolute atomic E-state index is 0.248. The van der Waals surface area contributed by atoms with Gasteiger partial charge in [-0.3, -0.25) is 4.79 Å². The van der Waals surface area contributed by atoms with E-state index >= 15 is 0 Å². The van der Waals surface area contributed by atoms with Crippen molar-refractivity contribution in [2.75, 3.05) is 0 Å². The van der Waals surface area contributed by atoms with Gasteiger partial charge in [0.15, 0.2) is 0 Å². The normalized spacial score (nSPS) is 31.8. The molecule has 1 saturated carbocycles. The van der Waals surface area contributed by atoms with E-state index in [4.69, 9.17) is 0 Å². The number of carboxylic acid groups (broad SMARTS) is 1. The third-order valence-electron chi connectivity index (χ3n) is 5.10. The quantitative estimate of drug-likeness (QED) is 0.816. The standard InChI is InChI=1S/C16H30O3/c1-6-15(5,19)11-16(13(17)18)9-7-12(8-10-16)14(2,3)4/h12,19H,6-11H2,1-5H3,(H,17,18). The van der Waals surface area contributed by atoms with E-state index in [1.165, 1.54) is 0 Å². The lowest BCUT2D eigenvalue weighted by atomic mass is 9.61. The zero-order valence-electron chi connectivity index (χ0n) is 13.1. The van der Waals surface area contributed by atoms with Crippen LogP contribution < -0.4 is 0 Å². The molecule has 1 aliphatic carbocycles. The highest BCUT2D eigenvalue weighted by molar-refractivity contribution is 5.74. The molecule has 3 nitrogen and oxygen atoms in total. The zero-order chi connectivity index (χ0) is 14.9. The van der Waals surface area contributed by atoms with Gasteiger partial charge in [0.2, 0.25) is 0 Å². The van der Waals surface area contributed by atoms with E-state index < -0.39 is 17.0 Å². The van der Waals surface area contributed by atoms with Gasteiger partial charge in [0.05, 0.1) is 11.0 Å². The Bertz CT molecular complexity index is 317. The first-order chi connectivity index (χ1) is 8.52. The van der Waals surface area contributed by atoms with Crippen molar-refractivity contribution in [2.24, 2.45) is 16.7 Å². The number of carboxylic acids is 1. The summed E-state index contributed by atoms with van der Waals surface area (Å²) in [5.74, 6) is -0.139. The average molecular weight is 270 g/mol. The smallest absolute Gasteiger partial charge is 0.309 e. The summed E-state index contributed by atoms with van der Waals surface area (Å²) in [6.45, 7) is 10.4. The van der Waals surface area contributed by atoms with Crippen LogP contribution in [0.15, 0.2) is 0 Å². The van der Waals surface area contributed by atoms with Gasteiger partial charge in [0.1, 0.15) is 0 Å². The van der Waals surface area contributed by atoms with Gasteiger partial charge >= 0.3 is 5.97 Å². The molecule has 0 aromatic carbocycles. The lowest BCUT2D eigenvalue weighted by Gasteiger charge is -2.44. The molecule has 1 atom stereocenters. The Labute approximate surface area is 117 Å². The van der Waals surface area contributed by atoms with Crippen molar-refractivity contribution in [3.8, 4) is 0 Å². The topological polar surface area (TPSA) is 57.5 Å². The number of carbonyl (C=O) groups is 1. The van der Waals surface area contributed by atoms with Gasteiger partial charge in [-0.05, 0) is 56.8 Å². The predicted octanol–water partition coefficient (Wildman–Crippen LogP) is 3.84. The molecule has 0 radical (unpaired) electrons. The fraction of sp³-hybridized carbons (Fsp3) is 0.938. The molecule has 1 fully saturated rings. The minimum atomic E-state index is -0.868. The van der Waals surface area contributed by atoms with E-state index in [0.29, 0.717) is 31.6 Å². The largest absolute Gasteiger partial charge is 0.481 e. The van der Waals surface area contributed by atoms with Gasteiger partial charge in [-0.15, -0.1) is 0 Å². The first kappa shape index (κ1) is 16.5. The molecule has 2 N–H and O–H groups in total. The van der Waals surface area contributed by atoms with Gasteiger partial charge < -0.3 is 10.2 Å². The lowest BCUT2D eigenvalue weighted by Crippen LogP contribution is -2.43. The number of aliphatic carboxylic acids is 1. The maximum absolute atomic E-state index is 11.7. The van der Waals surface area contributed by atoms with Crippen molar-refractivity contribution < 1.29 is 15.0 Å². The highest BCUT2D eigenvalue weighted by Crippen LogP contribution is 2.49. The molecule has 1 unspecified atom stereocenters. The van der Waals surface area contributed by atoms with E-state index in [0.717, 1.165) is 12.8 Å². The predicted molar refractivity (Wildman–Crippen MR) is 77.0 cm³/mol. The monoisotopic (exact) mass is 270 g/mol. The lowest BCUT2D eigenvalue weighted by molar-refractivity contribution is -0.157. The van der Waals surface area contributed by atoms with Gasteiger partial charge in [0.25, 0.3) is 0 Å². The Kier molecular flexibility index (Phi) is 4.71. The molecule has 3 heteroatoms. The van der Waals surface area contributed by atoms with Crippen LogP contribution in [0.4, 0.5) is 0 Å². The first-order valence-corrected chi connectivity index (χ1v) is 7.48. The number of rotatable bonds is 4. The molecule has 0 aromatic heterocycles. The summed E-state index contributed by atoms with van der Waals surface area (Å²) < 4.78 is 0. The molecular formula is C16H30O3. The van der Waals surface area contributed by atoms with Crippen LogP contribution in [0.25, 0.3) is 0 Å². The second-order valence-corrected chi connectivity index (χ2v) is 7.75. The van der Waals surface area contributed by atoms with E-state index in [1.807, 2.05) is 6.92 Å². The van der Waals surface area contributed by atoms with Crippen LogP contribution in [0.5, 0.6) is 0 Å². The Hall–Kier alpha value is -0.570. The van der Waals surface area contributed by atoms with Crippen LogP contribution in [0.1, 0.15) is 73.1 Å². The summed E-state index contributed by atoms with van der Waals surface area (Å²) >= 11 is 0. The van der Waals surface area contributed by atoms with Gasteiger partial charge in [0, 0.05) is 0 Å². The van der Waals surface area contributed by atoms with Crippen molar-refractivity contribution in [3.63, 3.8) is 0 Å². The molecule has 19 heavy (non-hydrogen) atoms. The molecule has 0 bridgehead atoms. The van der Waals surface area contributed by atoms with E-state index in [1.54, 1.807) is 6.92 Å². The van der Waals surface area contributed by atoms with Crippen LogP contribution >= 0.6 is 0 Å². The average Bonchev–Trinajstić information content (AvgIpc) is 2.27. The first-order valence-electron chi connectivity index (χ1n) is 7.48. The highest BCUT2D eigenvalue weighted by atomic mass is 16.4. The van der Waals surface area contributed by atoms with Crippen LogP contribution in [0.2, 0.25) is 0 Å². The molecule has 0 amide bonds. The zero-order valence-corrected chi connectivity index (χ0v) is 13.1. The van der Waals surface area contributed by atoms with E-state index in [9.17, 15) is 15.0 Å². The van der Waals surface area contributed by atoms with Crippen LogP contribution in [-0.2, 0) is 4.79 Å². The highest BCUT2D eigenvalue weighted by Gasteiger charge is 2.47. The molecule has 1 rings (SSSR count). The molecule has 0 heterocycles. The maximum atomic E-state index is 11.7. The molecule has 0 aliphatic heterocycles. The van der Waals surface area contributed by atoms with E-state index in [-0.39, 0.29) is 5.41 Å². The molecular weight excluding hydrogens is 240 g/mol. The second kappa shape index (κ2) is 5.43. The van der Waals surface area contributed by atoms with Crippen LogP contribution in [0.3, 0.4) is 0 Å². The van der Waals surface area contributed by atoms with Crippen molar-refractivity contribution in [2.45, 2.75) is 78.7 Å². The molecule has 1 aliphatic rings. The summed E-state index contributed by atoms with van der Waals surface area (Å²) in [4.78, 5) is 11.7. The van der Waals surface area contributed by atoms with Crippen molar-refractivity contribution in [3.05, 3.63) is 0 Å². The SMILES string of the molecule is CCC(C)(O)CC1(C(=O)O)CCC(C(C)(C)C)CC1. The molecule has 0 saturated heterocycles. The molecule has 0 aromatic rings. The van der Waals surface area contributed by atoms with Gasteiger partial charge in [-0.2, -0.15) is 0 Å². The summed E-state index contributed by atoms with van der Waals surface area (Å²) in [5, 5.41) is 19.9. The summed E-state index contributed by atoms with van der Waals surface area (Å²) in [7, 11) is 0. The minimum Gasteiger partial charge on any atom is -0.481 e. The number of hydrogen-bond donors (Lipinski definition) is 2. The molecule has 0 spiro atoms. The fourth-order valence-electron chi connectivity index (χ4n) is 3.36. The summed E-state index contributed by atoms with van der Waals surface area (Å²) in [6, 6.07) is 0. The third-order valence-corrected chi connectivity index (χ3v) is 5.10. The van der Waals surface area contributed by atoms with Crippen molar-refractivity contribution in [1.29, 1.82) is 0 Å². The Morgan fingerprint density at radius 3 is 2.00 bits per heavy atom. The summed E-state index contributed by atoms with van der Waals surface area (Å²) in [5.41, 5.74) is -1.34. The van der Waals surface area contributed by atoms with Crippen LogP contribution in [-0.4, -0.2) is 21.8 Å². The van der Waals surface area contributed by atoms with Gasteiger partial charge in [-0.1, -0.05) is 27.7 Å². The Morgan fingerprint density at radius 1 is 1.21 bits per heavy atom. The number of hydrogen-bond acceptors (Lipinski definition) is 2. The third kappa shape index (κ3) is 3.95.